The van der Waals surface area contributed by atoms with Crippen molar-refractivity contribution in [3.8, 4) is 23.0 Å². The molecule has 3 aromatic carbocycles. The molecule has 0 spiro atoms. The number of amides is 2. The Bertz CT molecular complexity index is 1130. The van der Waals surface area contributed by atoms with Gasteiger partial charge in [0.15, 0.2) is 6.61 Å². The van der Waals surface area contributed by atoms with Crippen LogP contribution in [0.5, 0.6) is 23.0 Å². The van der Waals surface area contributed by atoms with E-state index in [-0.39, 0.29) is 24.0 Å². The van der Waals surface area contributed by atoms with Gasteiger partial charge < -0.3 is 29.2 Å². The predicted octanol–water partition coefficient (Wildman–Crippen LogP) is 3.76. The molecule has 33 heavy (non-hydrogen) atoms. The number of methoxy groups -OCH3 is 2. The molecule has 0 unspecified atom stereocenters. The monoisotopic (exact) mass is 448 g/mol. The van der Waals surface area contributed by atoms with E-state index in [0.29, 0.717) is 41.8 Å². The zero-order chi connectivity index (χ0) is 23.2. The molecule has 3 aromatic rings. The summed E-state index contributed by atoms with van der Waals surface area (Å²) in [5.41, 5.74) is 1.42. The fourth-order valence-electron chi connectivity index (χ4n) is 3.57. The van der Waals surface area contributed by atoms with Crippen LogP contribution in [-0.4, -0.2) is 45.8 Å². The molecule has 8 nitrogen and oxygen atoms in total. The van der Waals surface area contributed by atoms with Crippen molar-refractivity contribution >= 4 is 23.2 Å². The Morgan fingerprint density at radius 3 is 2.42 bits per heavy atom. The fraction of sp³-hybridized carbons (Fsp3) is 0.200. The van der Waals surface area contributed by atoms with E-state index >= 15 is 0 Å². The molecule has 0 saturated carbocycles. The lowest BCUT2D eigenvalue weighted by atomic mass is 10.1. The summed E-state index contributed by atoms with van der Waals surface area (Å²) < 4.78 is 22.0. The second-order valence-electron chi connectivity index (χ2n) is 7.17. The predicted molar refractivity (Wildman–Crippen MR) is 124 cm³/mol. The second-order valence-corrected chi connectivity index (χ2v) is 7.17. The first-order valence-electron chi connectivity index (χ1n) is 10.4. The maximum atomic E-state index is 12.9. The molecule has 0 aliphatic carbocycles. The minimum absolute atomic E-state index is 0.0872. The SMILES string of the molecule is COc1cccc(OC)c1C(=O)Nc1ccc2c(c1)OCC(=O)N2CCOc1ccccc1. The van der Waals surface area contributed by atoms with Gasteiger partial charge in [0.05, 0.1) is 26.5 Å². The van der Waals surface area contributed by atoms with Crippen molar-refractivity contribution in [3.63, 3.8) is 0 Å². The number of hydrogen-bond donors (Lipinski definition) is 1. The lowest BCUT2D eigenvalue weighted by molar-refractivity contribution is -0.121. The molecule has 1 aliphatic heterocycles. The number of carbonyl (C=O) groups is 2. The Balaban J connectivity index is 1.49. The van der Waals surface area contributed by atoms with E-state index in [2.05, 4.69) is 5.32 Å². The minimum Gasteiger partial charge on any atom is -0.496 e. The van der Waals surface area contributed by atoms with Crippen LogP contribution >= 0.6 is 0 Å². The van der Waals surface area contributed by atoms with E-state index in [0.717, 1.165) is 5.75 Å². The standard InChI is InChI=1S/C25H24N2O6/c1-30-20-9-6-10-21(31-2)24(20)25(29)26-17-11-12-19-22(15-17)33-16-23(28)27(19)13-14-32-18-7-4-3-5-8-18/h3-12,15H,13-14,16H2,1-2H3,(H,26,29). The molecule has 8 heteroatoms. The number of benzene rings is 3. The maximum absolute atomic E-state index is 12.9. The summed E-state index contributed by atoms with van der Waals surface area (Å²) >= 11 is 0. The minimum atomic E-state index is -0.385. The molecule has 0 fully saturated rings. The van der Waals surface area contributed by atoms with E-state index in [4.69, 9.17) is 18.9 Å². The Labute approximate surface area is 191 Å². The van der Waals surface area contributed by atoms with Crippen molar-refractivity contribution in [2.75, 3.05) is 44.2 Å². The van der Waals surface area contributed by atoms with Crippen LogP contribution in [0.2, 0.25) is 0 Å². The van der Waals surface area contributed by atoms with E-state index in [1.165, 1.54) is 14.2 Å². The lowest BCUT2D eigenvalue weighted by Crippen LogP contribution is -2.41. The quantitative estimate of drug-likeness (QED) is 0.565. The third-order valence-electron chi connectivity index (χ3n) is 5.14. The van der Waals surface area contributed by atoms with Crippen LogP contribution in [0.4, 0.5) is 11.4 Å². The number of rotatable bonds is 8. The van der Waals surface area contributed by atoms with Crippen molar-refractivity contribution < 1.29 is 28.5 Å². The Kier molecular flexibility index (Phi) is 6.64. The molecule has 170 valence electrons. The van der Waals surface area contributed by atoms with Gasteiger partial charge in [-0.15, -0.1) is 0 Å². The Morgan fingerprint density at radius 2 is 1.73 bits per heavy atom. The highest BCUT2D eigenvalue weighted by Gasteiger charge is 2.26. The van der Waals surface area contributed by atoms with Crippen LogP contribution < -0.4 is 29.2 Å². The molecule has 0 radical (unpaired) electrons. The first kappa shape index (κ1) is 22.0. The van der Waals surface area contributed by atoms with Gasteiger partial charge in [-0.05, 0) is 36.4 Å². The van der Waals surface area contributed by atoms with Gasteiger partial charge in [0.1, 0.15) is 35.2 Å². The van der Waals surface area contributed by atoms with Crippen LogP contribution in [0, 0.1) is 0 Å². The molecule has 1 aliphatic rings. The average molecular weight is 448 g/mol. The van der Waals surface area contributed by atoms with Crippen LogP contribution in [0.1, 0.15) is 10.4 Å². The van der Waals surface area contributed by atoms with Gasteiger partial charge in [-0.1, -0.05) is 24.3 Å². The molecule has 0 saturated heterocycles. The topological polar surface area (TPSA) is 86.3 Å². The fourth-order valence-corrected chi connectivity index (χ4v) is 3.57. The van der Waals surface area contributed by atoms with Crippen LogP contribution in [0.15, 0.2) is 66.7 Å². The van der Waals surface area contributed by atoms with Gasteiger partial charge in [-0.3, -0.25) is 9.59 Å². The summed E-state index contributed by atoms with van der Waals surface area (Å²) in [6.07, 6.45) is 0. The number of nitrogens with zero attached hydrogens (tertiary/aromatic N) is 1. The normalized spacial score (nSPS) is 12.4. The first-order chi connectivity index (χ1) is 16.1. The number of nitrogens with one attached hydrogen (secondary N) is 1. The van der Waals surface area contributed by atoms with Gasteiger partial charge in [0.25, 0.3) is 11.8 Å². The van der Waals surface area contributed by atoms with Gasteiger partial charge >= 0.3 is 0 Å². The third kappa shape index (κ3) is 4.85. The number of carbonyl (C=O) groups excluding carboxylic acids is 2. The maximum Gasteiger partial charge on any atom is 0.265 e. The largest absolute Gasteiger partial charge is 0.496 e. The van der Waals surface area contributed by atoms with E-state index in [1.54, 1.807) is 41.3 Å². The summed E-state index contributed by atoms with van der Waals surface area (Å²) in [6, 6.07) is 19.7. The molecular weight excluding hydrogens is 424 g/mol. The molecule has 0 bridgehead atoms. The van der Waals surface area contributed by atoms with Crippen molar-refractivity contribution in [1.29, 1.82) is 0 Å². The average Bonchev–Trinajstić information content (AvgIpc) is 2.85. The summed E-state index contributed by atoms with van der Waals surface area (Å²) in [7, 11) is 2.98. The van der Waals surface area contributed by atoms with Crippen LogP contribution in [0.25, 0.3) is 0 Å². The van der Waals surface area contributed by atoms with Crippen molar-refractivity contribution in [2.24, 2.45) is 0 Å². The number of hydrogen-bond acceptors (Lipinski definition) is 6. The summed E-state index contributed by atoms with van der Waals surface area (Å²) in [4.78, 5) is 27.0. The molecule has 0 atom stereocenters. The number of para-hydroxylation sites is 1. The van der Waals surface area contributed by atoms with Crippen LogP contribution in [0.3, 0.4) is 0 Å². The smallest absolute Gasteiger partial charge is 0.265 e. The lowest BCUT2D eigenvalue weighted by Gasteiger charge is -2.29. The summed E-state index contributed by atoms with van der Waals surface area (Å²) in [6.45, 7) is 0.617. The highest BCUT2D eigenvalue weighted by Crippen LogP contribution is 2.35. The third-order valence-corrected chi connectivity index (χ3v) is 5.14. The molecule has 4 rings (SSSR count). The highest BCUT2D eigenvalue weighted by atomic mass is 16.5. The van der Waals surface area contributed by atoms with Crippen molar-refractivity contribution in [1.82, 2.24) is 0 Å². The van der Waals surface area contributed by atoms with E-state index in [1.807, 2.05) is 30.3 Å². The molecule has 1 heterocycles. The van der Waals surface area contributed by atoms with Crippen molar-refractivity contribution in [2.45, 2.75) is 0 Å². The molecule has 2 amide bonds. The number of anilines is 2. The van der Waals surface area contributed by atoms with E-state index in [9.17, 15) is 9.59 Å². The van der Waals surface area contributed by atoms with Gasteiger partial charge in [0.2, 0.25) is 0 Å². The summed E-state index contributed by atoms with van der Waals surface area (Å²) in [5.74, 6) is 1.49. The number of ether oxygens (including phenoxy) is 4. The Hall–Kier alpha value is -4.20. The zero-order valence-corrected chi connectivity index (χ0v) is 18.4. The Morgan fingerprint density at radius 1 is 1.00 bits per heavy atom. The van der Waals surface area contributed by atoms with Gasteiger partial charge in [-0.25, -0.2) is 0 Å². The zero-order valence-electron chi connectivity index (χ0n) is 18.4. The first-order valence-corrected chi connectivity index (χ1v) is 10.4. The van der Waals surface area contributed by atoms with Crippen molar-refractivity contribution in [3.05, 3.63) is 72.3 Å². The second kappa shape index (κ2) is 9.95. The molecule has 1 N–H and O–H groups in total. The van der Waals surface area contributed by atoms with E-state index < -0.39 is 0 Å². The number of fused-ring (bicyclic) bond motifs is 1. The molecule has 0 aromatic heterocycles. The van der Waals surface area contributed by atoms with Gasteiger partial charge in [-0.2, -0.15) is 0 Å². The van der Waals surface area contributed by atoms with Crippen LogP contribution in [-0.2, 0) is 4.79 Å². The summed E-state index contributed by atoms with van der Waals surface area (Å²) in [5, 5.41) is 2.84. The highest BCUT2D eigenvalue weighted by molar-refractivity contribution is 6.08. The van der Waals surface area contributed by atoms with Gasteiger partial charge in [0, 0.05) is 11.8 Å². The molecular formula is C25H24N2O6.